The van der Waals surface area contributed by atoms with Crippen molar-refractivity contribution in [3.8, 4) is 11.1 Å². The summed E-state index contributed by atoms with van der Waals surface area (Å²) in [7, 11) is -1.28. The van der Waals surface area contributed by atoms with Crippen LogP contribution in [0.15, 0.2) is 41.1 Å². The number of amides is 3. The first-order valence-corrected chi connectivity index (χ1v) is 11.8. The van der Waals surface area contributed by atoms with Crippen LogP contribution >= 0.6 is 11.3 Å². The molecule has 1 atom stereocenters. The Kier molecular flexibility index (Phi) is 7.22. The minimum atomic E-state index is -1.28. The van der Waals surface area contributed by atoms with Gasteiger partial charge in [0.05, 0.1) is 0 Å². The van der Waals surface area contributed by atoms with Crippen molar-refractivity contribution >= 4 is 34.1 Å². The lowest BCUT2D eigenvalue weighted by molar-refractivity contribution is -0.129. The molecule has 2 heterocycles. The lowest BCUT2D eigenvalue weighted by Crippen LogP contribution is -2.53. The standard InChI is InChI=1S/C20H25N3O3S2/c1-2-21-20(25)23-10-8-22(9-11-23)19(24)15-28(26)14-17-5-3-4-6-18(17)16-7-12-27-13-16/h3-7,12-13H,2,8-11,14-15H2,1H3,(H,21,25). The third-order valence-electron chi connectivity index (χ3n) is 4.70. The summed E-state index contributed by atoms with van der Waals surface area (Å²) < 4.78 is 12.6. The van der Waals surface area contributed by atoms with E-state index in [-0.39, 0.29) is 17.7 Å². The van der Waals surface area contributed by atoms with E-state index in [2.05, 4.69) is 10.7 Å². The molecule has 3 rings (SSSR count). The van der Waals surface area contributed by atoms with E-state index in [0.29, 0.717) is 38.5 Å². The van der Waals surface area contributed by atoms with Crippen LogP contribution in [0.4, 0.5) is 4.79 Å². The maximum Gasteiger partial charge on any atom is 0.317 e. The van der Waals surface area contributed by atoms with Crippen molar-refractivity contribution in [3.05, 3.63) is 46.7 Å². The molecule has 1 unspecified atom stereocenters. The topological polar surface area (TPSA) is 69.7 Å². The summed E-state index contributed by atoms with van der Waals surface area (Å²) in [4.78, 5) is 27.8. The van der Waals surface area contributed by atoms with Gasteiger partial charge in [-0.1, -0.05) is 24.3 Å². The number of benzene rings is 1. The molecule has 0 spiro atoms. The number of nitrogens with one attached hydrogen (secondary N) is 1. The van der Waals surface area contributed by atoms with Crippen LogP contribution in [-0.2, 0) is 21.3 Å². The molecule has 0 radical (unpaired) electrons. The first-order chi connectivity index (χ1) is 13.6. The number of hydrogen-bond donors (Lipinski definition) is 1. The maximum absolute atomic E-state index is 12.6. The number of thiophene rings is 1. The summed E-state index contributed by atoms with van der Waals surface area (Å²) in [5.41, 5.74) is 3.18. The van der Waals surface area contributed by atoms with E-state index in [1.165, 1.54) is 0 Å². The molecule has 3 amide bonds. The molecule has 150 valence electrons. The average Bonchev–Trinajstić information content (AvgIpc) is 3.23. The van der Waals surface area contributed by atoms with Gasteiger partial charge < -0.3 is 15.1 Å². The van der Waals surface area contributed by atoms with Crippen molar-refractivity contribution in [1.29, 1.82) is 0 Å². The van der Waals surface area contributed by atoms with Crippen LogP contribution in [0.5, 0.6) is 0 Å². The fraction of sp³-hybridized carbons (Fsp3) is 0.400. The Morgan fingerprint density at radius 2 is 1.82 bits per heavy atom. The number of urea groups is 1. The van der Waals surface area contributed by atoms with Crippen molar-refractivity contribution < 1.29 is 13.8 Å². The third kappa shape index (κ3) is 5.20. The Morgan fingerprint density at radius 1 is 1.11 bits per heavy atom. The van der Waals surface area contributed by atoms with Gasteiger partial charge in [0.25, 0.3) is 0 Å². The van der Waals surface area contributed by atoms with Crippen molar-refractivity contribution in [1.82, 2.24) is 15.1 Å². The van der Waals surface area contributed by atoms with Crippen molar-refractivity contribution in [2.24, 2.45) is 0 Å². The molecule has 28 heavy (non-hydrogen) atoms. The fourth-order valence-corrected chi connectivity index (χ4v) is 5.04. The van der Waals surface area contributed by atoms with Gasteiger partial charge >= 0.3 is 6.03 Å². The van der Waals surface area contributed by atoms with E-state index < -0.39 is 10.8 Å². The van der Waals surface area contributed by atoms with Crippen molar-refractivity contribution in [2.75, 3.05) is 38.5 Å². The molecule has 1 aliphatic rings. The highest BCUT2D eigenvalue weighted by Crippen LogP contribution is 2.26. The van der Waals surface area contributed by atoms with E-state index in [4.69, 9.17) is 0 Å². The minimum absolute atomic E-state index is 0.0130. The molecule has 0 bridgehead atoms. The first kappa shape index (κ1) is 20.5. The maximum atomic E-state index is 12.6. The Bertz CT molecular complexity index is 831. The molecule has 1 saturated heterocycles. The van der Waals surface area contributed by atoms with Crippen LogP contribution in [0.2, 0.25) is 0 Å². The molecule has 8 heteroatoms. The van der Waals surface area contributed by atoms with Crippen LogP contribution in [0, 0.1) is 0 Å². The second kappa shape index (κ2) is 9.84. The number of hydrogen-bond acceptors (Lipinski definition) is 4. The number of carbonyl (C=O) groups is 2. The van der Waals surface area contributed by atoms with Crippen LogP contribution < -0.4 is 5.32 Å². The summed E-state index contributed by atoms with van der Waals surface area (Å²) in [6.07, 6.45) is 0. The van der Waals surface area contributed by atoms with Crippen LogP contribution in [-0.4, -0.2) is 64.4 Å². The van der Waals surface area contributed by atoms with Gasteiger partial charge in [0.1, 0.15) is 5.75 Å². The van der Waals surface area contributed by atoms with Crippen molar-refractivity contribution in [2.45, 2.75) is 12.7 Å². The molecule has 6 nitrogen and oxygen atoms in total. The monoisotopic (exact) mass is 419 g/mol. The van der Waals surface area contributed by atoms with E-state index in [1.807, 2.05) is 42.6 Å². The van der Waals surface area contributed by atoms with E-state index in [0.717, 1.165) is 16.7 Å². The smallest absolute Gasteiger partial charge is 0.317 e. The SMILES string of the molecule is CCNC(=O)N1CCN(C(=O)CS(=O)Cc2ccccc2-c2ccsc2)CC1. The van der Waals surface area contributed by atoms with Crippen LogP contribution in [0.1, 0.15) is 12.5 Å². The van der Waals surface area contributed by atoms with Gasteiger partial charge in [0, 0.05) is 49.3 Å². The lowest BCUT2D eigenvalue weighted by atomic mass is 10.0. The molecule has 0 saturated carbocycles. The molecule has 1 aromatic carbocycles. The number of piperazine rings is 1. The Hall–Kier alpha value is -2.19. The second-order valence-electron chi connectivity index (χ2n) is 6.60. The number of rotatable bonds is 6. The Balaban J connectivity index is 1.54. The van der Waals surface area contributed by atoms with Crippen LogP contribution in [0.25, 0.3) is 11.1 Å². The summed E-state index contributed by atoms with van der Waals surface area (Å²) in [5.74, 6) is 0.261. The zero-order valence-corrected chi connectivity index (χ0v) is 17.6. The quantitative estimate of drug-likeness (QED) is 0.782. The van der Waals surface area contributed by atoms with Gasteiger partial charge in [-0.2, -0.15) is 11.3 Å². The second-order valence-corrected chi connectivity index (χ2v) is 8.84. The molecule has 1 N–H and O–H groups in total. The average molecular weight is 420 g/mol. The van der Waals surface area contributed by atoms with E-state index in [1.54, 1.807) is 21.1 Å². The van der Waals surface area contributed by atoms with E-state index >= 15 is 0 Å². The largest absolute Gasteiger partial charge is 0.338 e. The molecular weight excluding hydrogens is 394 g/mol. The number of nitrogens with zero attached hydrogens (tertiary/aromatic N) is 2. The van der Waals surface area contributed by atoms with Gasteiger partial charge in [-0.3, -0.25) is 9.00 Å². The normalized spacial score (nSPS) is 15.3. The molecular formula is C20H25N3O3S2. The molecule has 2 aromatic rings. The van der Waals surface area contributed by atoms with Crippen LogP contribution in [0.3, 0.4) is 0 Å². The fourth-order valence-electron chi connectivity index (χ4n) is 3.22. The minimum Gasteiger partial charge on any atom is -0.338 e. The molecule has 1 aliphatic heterocycles. The number of carbonyl (C=O) groups excluding carboxylic acids is 2. The highest BCUT2D eigenvalue weighted by molar-refractivity contribution is 7.84. The zero-order valence-electron chi connectivity index (χ0n) is 15.9. The van der Waals surface area contributed by atoms with Crippen molar-refractivity contribution in [3.63, 3.8) is 0 Å². The summed E-state index contributed by atoms with van der Waals surface area (Å²) in [6, 6.07) is 9.86. The zero-order chi connectivity index (χ0) is 19.9. The lowest BCUT2D eigenvalue weighted by Gasteiger charge is -2.34. The first-order valence-electron chi connectivity index (χ1n) is 9.34. The van der Waals surface area contributed by atoms with E-state index in [9.17, 15) is 13.8 Å². The highest BCUT2D eigenvalue weighted by atomic mass is 32.2. The molecule has 1 aromatic heterocycles. The van der Waals surface area contributed by atoms with Gasteiger partial charge in [0.2, 0.25) is 5.91 Å². The van der Waals surface area contributed by atoms with Gasteiger partial charge in [0.15, 0.2) is 0 Å². The highest BCUT2D eigenvalue weighted by Gasteiger charge is 2.25. The summed E-state index contributed by atoms with van der Waals surface area (Å²) >= 11 is 1.63. The third-order valence-corrected chi connectivity index (χ3v) is 6.58. The predicted octanol–water partition coefficient (Wildman–Crippen LogP) is 2.54. The summed E-state index contributed by atoms with van der Waals surface area (Å²) in [5, 5.41) is 6.86. The van der Waals surface area contributed by atoms with Gasteiger partial charge in [-0.05, 0) is 40.4 Å². The summed E-state index contributed by atoms with van der Waals surface area (Å²) in [6.45, 7) is 4.45. The van der Waals surface area contributed by atoms with Gasteiger partial charge in [-0.25, -0.2) is 4.79 Å². The predicted molar refractivity (Wildman–Crippen MR) is 114 cm³/mol. The molecule has 0 aliphatic carbocycles. The van der Waals surface area contributed by atoms with Gasteiger partial charge in [-0.15, -0.1) is 0 Å². The Labute approximate surface area is 172 Å². The Morgan fingerprint density at radius 3 is 2.50 bits per heavy atom. The molecule has 1 fully saturated rings.